The lowest BCUT2D eigenvalue weighted by Gasteiger charge is -2.09. The predicted molar refractivity (Wildman–Crippen MR) is 92.5 cm³/mol. The van der Waals surface area contributed by atoms with E-state index < -0.39 is 5.82 Å². The number of rotatable bonds is 4. The van der Waals surface area contributed by atoms with E-state index in [2.05, 4.69) is 10.6 Å². The van der Waals surface area contributed by atoms with Crippen LogP contribution in [0.1, 0.15) is 0 Å². The minimum atomic E-state index is -0.490. The van der Waals surface area contributed by atoms with Gasteiger partial charge in [0.2, 0.25) is 5.91 Å². The Morgan fingerprint density at radius 1 is 1.00 bits per heavy atom. The number of carbonyl (C=O) groups is 1. The van der Waals surface area contributed by atoms with Gasteiger partial charge in [-0.15, -0.1) is 0 Å². The van der Waals surface area contributed by atoms with E-state index in [1.54, 1.807) is 6.07 Å². The van der Waals surface area contributed by atoms with Gasteiger partial charge >= 0.3 is 0 Å². The Morgan fingerprint density at radius 2 is 1.78 bits per heavy atom. The maximum Gasteiger partial charge on any atom is 0.243 e. The van der Waals surface area contributed by atoms with Gasteiger partial charge in [-0.05, 0) is 41.1 Å². The second-order valence-corrected chi connectivity index (χ2v) is 5.52. The smallest absolute Gasteiger partial charge is 0.243 e. The van der Waals surface area contributed by atoms with Crippen LogP contribution >= 0.6 is 11.6 Å². The fraction of sp³-hybridized carbons (Fsp3) is 0.0556. The molecule has 0 radical (unpaired) electrons. The number of benzene rings is 3. The minimum absolute atomic E-state index is 0.0363. The molecule has 0 bridgehead atoms. The van der Waals surface area contributed by atoms with Crippen molar-refractivity contribution in [3.8, 4) is 0 Å². The second-order valence-electron chi connectivity index (χ2n) is 5.09. The number of anilines is 2. The summed E-state index contributed by atoms with van der Waals surface area (Å²) in [7, 11) is 0. The summed E-state index contributed by atoms with van der Waals surface area (Å²) >= 11 is 5.69. The Bertz CT molecular complexity index is 867. The first-order valence-electron chi connectivity index (χ1n) is 7.09. The molecule has 0 fully saturated rings. The molecule has 0 atom stereocenters. The fourth-order valence-corrected chi connectivity index (χ4v) is 2.44. The zero-order valence-corrected chi connectivity index (χ0v) is 12.9. The molecule has 5 heteroatoms. The van der Waals surface area contributed by atoms with E-state index in [1.165, 1.54) is 12.1 Å². The van der Waals surface area contributed by atoms with Crippen LogP contribution in [-0.2, 0) is 4.79 Å². The highest BCUT2D eigenvalue weighted by atomic mass is 35.5. The van der Waals surface area contributed by atoms with E-state index >= 15 is 0 Å². The molecule has 3 aromatic rings. The van der Waals surface area contributed by atoms with Crippen LogP contribution in [0.4, 0.5) is 15.8 Å². The van der Waals surface area contributed by atoms with Crippen molar-refractivity contribution in [2.45, 2.75) is 0 Å². The van der Waals surface area contributed by atoms with Gasteiger partial charge in [0.15, 0.2) is 0 Å². The van der Waals surface area contributed by atoms with Crippen LogP contribution in [0, 0.1) is 5.82 Å². The lowest BCUT2D eigenvalue weighted by Crippen LogP contribution is -2.22. The predicted octanol–water partition coefficient (Wildman–Crippen LogP) is 4.68. The molecular weight excluding hydrogens is 315 g/mol. The summed E-state index contributed by atoms with van der Waals surface area (Å²) in [6.45, 7) is -0.0363. The normalized spacial score (nSPS) is 10.5. The summed E-state index contributed by atoms with van der Waals surface area (Å²) in [4.78, 5) is 12.0. The third-order valence-electron chi connectivity index (χ3n) is 3.40. The van der Waals surface area contributed by atoms with Gasteiger partial charge in [-0.25, -0.2) is 4.39 Å². The van der Waals surface area contributed by atoms with Gasteiger partial charge in [-0.2, -0.15) is 0 Å². The van der Waals surface area contributed by atoms with Crippen molar-refractivity contribution in [1.82, 2.24) is 0 Å². The van der Waals surface area contributed by atoms with Crippen molar-refractivity contribution >= 4 is 39.7 Å². The van der Waals surface area contributed by atoms with Crippen LogP contribution < -0.4 is 10.6 Å². The maximum atomic E-state index is 13.6. The lowest BCUT2D eigenvalue weighted by molar-refractivity contribution is -0.114. The quantitative estimate of drug-likeness (QED) is 0.730. The molecule has 0 saturated carbocycles. The molecule has 3 aromatic carbocycles. The summed E-state index contributed by atoms with van der Waals surface area (Å²) in [6.07, 6.45) is 0. The Morgan fingerprint density at radius 3 is 2.57 bits per heavy atom. The third-order valence-corrected chi connectivity index (χ3v) is 3.64. The second kappa shape index (κ2) is 6.67. The van der Waals surface area contributed by atoms with Crippen molar-refractivity contribution in [1.29, 1.82) is 0 Å². The van der Waals surface area contributed by atoms with E-state index in [4.69, 9.17) is 11.6 Å². The number of fused-ring (bicyclic) bond motifs is 1. The SMILES string of the molecule is O=C(CNc1ccc(Cl)cc1F)Nc1ccc2ccccc2c1. The van der Waals surface area contributed by atoms with Gasteiger partial charge in [0.1, 0.15) is 5.82 Å². The molecule has 2 N–H and O–H groups in total. The Balaban J connectivity index is 1.64. The van der Waals surface area contributed by atoms with Crippen molar-refractivity contribution in [2.24, 2.45) is 0 Å². The molecule has 1 amide bonds. The van der Waals surface area contributed by atoms with Gasteiger partial charge in [-0.3, -0.25) is 4.79 Å². The van der Waals surface area contributed by atoms with Crippen LogP contribution in [0.5, 0.6) is 0 Å². The number of hydrogen-bond donors (Lipinski definition) is 2. The van der Waals surface area contributed by atoms with E-state index in [1.807, 2.05) is 42.5 Å². The van der Waals surface area contributed by atoms with Crippen LogP contribution in [0.25, 0.3) is 10.8 Å². The Kier molecular flexibility index (Phi) is 4.44. The first-order valence-corrected chi connectivity index (χ1v) is 7.47. The fourth-order valence-electron chi connectivity index (χ4n) is 2.28. The van der Waals surface area contributed by atoms with E-state index in [0.29, 0.717) is 10.7 Å². The zero-order valence-electron chi connectivity index (χ0n) is 12.1. The maximum absolute atomic E-state index is 13.6. The summed E-state index contributed by atoms with van der Waals surface area (Å²) in [5.74, 6) is -0.745. The molecule has 23 heavy (non-hydrogen) atoms. The first kappa shape index (κ1) is 15.3. The highest BCUT2D eigenvalue weighted by molar-refractivity contribution is 6.30. The van der Waals surface area contributed by atoms with Crippen molar-refractivity contribution < 1.29 is 9.18 Å². The third kappa shape index (κ3) is 3.79. The summed E-state index contributed by atoms with van der Waals surface area (Å²) in [6, 6.07) is 17.8. The molecule has 3 rings (SSSR count). The van der Waals surface area contributed by atoms with E-state index in [0.717, 1.165) is 10.8 Å². The van der Waals surface area contributed by atoms with Crippen molar-refractivity contribution in [3.05, 3.63) is 71.5 Å². The number of nitrogens with one attached hydrogen (secondary N) is 2. The molecule has 0 aliphatic rings. The van der Waals surface area contributed by atoms with E-state index in [-0.39, 0.29) is 18.1 Å². The van der Waals surface area contributed by atoms with Crippen LogP contribution in [0.2, 0.25) is 5.02 Å². The Labute approximate surface area is 138 Å². The lowest BCUT2D eigenvalue weighted by atomic mass is 10.1. The molecule has 0 saturated heterocycles. The minimum Gasteiger partial charge on any atom is -0.374 e. The average molecular weight is 329 g/mol. The molecule has 0 aliphatic carbocycles. The number of hydrogen-bond acceptors (Lipinski definition) is 2. The molecule has 3 nitrogen and oxygen atoms in total. The summed E-state index contributed by atoms with van der Waals surface area (Å²) in [5, 5.41) is 8.00. The molecule has 0 unspecified atom stereocenters. The van der Waals surface area contributed by atoms with Crippen LogP contribution in [0.15, 0.2) is 60.7 Å². The zero-order chi connectivity index (χ0) is 16.2. The van der Waals surface area contributed by atoms with Gasteiger partial charge in [0, 0.05) is 10.7 Å². The van der Waals surface area contributed by atoms with Gasteiger partial charge in [-0.1, -0.05) is 41.9 Å². The molecule has 0 heterocycles. The number of carbonyl (C=O) groups excluding carboxylic acids is 1. The number of amides is 1. The number of halogens is 2. The molecule has 0 aliphatic heterocycles. The summed E-state index contributed by atoms with van der Waals surface area (Å²) < 4.78 is 13.6. The molecule has 116 valence electrons. The van der Waals surface area contributed by atoms with Crippen LogP contribution in [-0.4, -0.2) is 12.5 Å². The Hall–Kier alpha value is -2.59. The largest absolute Gasteiger partial charge is 0.374 e. The van der Waals surface area contributed by atoms with Gasteiger partial charge in [0.25, 0.3) is 0 Å². The van der Waals surface area contributed by atoms with Crippen LogP contribution in [0.3, 0.4) is 0 Å². The molecule has 0 spiro atoms. The first-order chi connectivity index (χ1) is 11.1. The topological polar surface area (TPSA) is 41.1 Å². The molecule has 0 aromatic heterocycles. The summed E-state index contributed by atoms with van der Waals surface area (Å²) in [5.41, 5.74) is 0.940. The highest BCUT2D eigenvalue weighted by Gasteiger charge is 2.06. The monoisotopic (exact) mass is 328 g/mol. The van der Waals surface area contributed by atoms with Gasteiger partial charge in [0.05, 0.1) is 12.2 Å². The van der Waals surface area contributed by atoms with Crippen molar-refractivity contribution in [3.63, 3.8) is 0 Å². The highest BCUT2D eigenvalue weighted by Crippen LogP contribution is 2.20. The van der Waals surface area contributed by atoms with Gasteiger partial charge < -0.3 is 10.6 Å². The molecular formula is C18H14ClFN2O. The average Bonchev–Trinajstić information content (AvgIpc) is 2.54. The standard InChI is InChI=1S/C18H14ClFN2O/c19-14-6-8-17(16(20)10-14)21-11-18(23)22-15-7-5-12-3-1-2-4-13(12)9-15/h1-10,21H,11H2,(H,22,23). The van der Waals surface area contributed by atoms with Crippen molar-refractivity contribution in [2.75, 3.05) is 17.2 Å². The van der Waals surface area contributed by atoms with E-state index in [9.17, 15) is 9.18 Å².